The summed E-state index contributed by atoms with van der Waals surface area (Å²) in [6, 6.07) is 57.7. The summed E-state index contributed by atoms with van der Waals surface area (Å²) < 4.78 is 0. The Bertz CT molecular complexity index is 1900. The SMILES string of the molecule is [C-](=Cc1cc(N(c2ccccc2)c2ccccc2)ccn1)c1ccccc1[C-]=Cc1cc(N(c2ccccc2)c2ccccc2)ccn1.[Pt+2]. The summed E-state index contributed by atoms with van der Waals surface area (Å²) in [6.07, 6.45) is 14.5. The second-order valence-electron chi connectivity index (χ2n) is 11.0. The number of aromatic nitrogens is 2. The molecule has 5 aromatic carbocycles. The van der Waals surface area contributed by atoms with E-state index < -0.39 is 0 Å². The molecule has 0 saturated carbocycles. The van der Waals surface area contributed by atoms with Gasteiger partial charge >= 0.3 is 21.1 Å². The first kappa shape index (κ1) is 33.1. The van der Waals surface area contributed by atoms with Gasteiger partial charge in [0.15, 0.2) is 0 Å². The molecule has 0 amide bonds. The van der Waals surface area contributed by atoms with Crippen molar-refractivity contribution in [1.82, 2.24) is 9.97 Å². The molecule has 0 aliphatic rings. The molecule has 0 bridgehead atoms. The molecule has 0 N–H and O–H groups in total. The van der Waals surface area contributed by atoms with Crippen LogP contribution in [-0.4, -0.2) is 9.97 Å². The molecule has 238 valence electrons. The van der Waals surface area contributed by atoms with Crippen molar-refractivity contribution in [3.8, 4) is 0 Å². The summed E-state index contributed by atoms with van der Waals surface area (Å²) in [5, 5.41) is 0. The van der Waals surface area contributed by atoms with E-state index in [9.17, 15) is 0 Å². The van der Waals surface area contributed by atoms with Crippen molar-refractivity contribution in [3.63, 3.8) is 0 Å². The Hall–Kier alpha value is -5.83. The minimum Gasteiger partial charge on any atom is -0.311 e. The molecule has 7 aromatic rings. The van der Waals surface area contributed by atoms with Crippen LogP contribution in [0.5, 0.6) is 0 Å². The summed E-state index contributed by atoms with van der Waals surface area (Å²) in [5.41, 5.74) is 9.77. The van der Waals surface area contributed by atoms with Crippen LogP contribution >= 0.6 is 0 Å². The van der Waals surface area contributed by atoms with Gasteiger partial charge in [-0.2, -0.15) is 24.3 Å². The molecule has 0 aliphatic carbocycles. The summed E-state index contributed by atoms with van der Waals surface area (Å²) in [4.78, 5) is 13.7. The maximum Gasteiger partial charge on any atom is 2.00 e. The van der Waals surface area contributed by atoms with Gasteiger partial charge in [0.2, 0.25) is 0 Å². The van der Waals surface area contributed by atoms with Crippen molar-refractivity contribution >= 4 is 46.3 Å². The first-order valence-corrected chi connectivity index (χ1v) is 15.8. The number of hydrogen-bond acceptors (Lipinski definition) is 4. The Balaban J connectivity index is 0.00000417. The largest absolute Gasteiger partial charge is 2.00 e. The third-order valence-electron chi connectivity index (χ3n) is 7.78. The van der Waals surface area contributed by atoms with Crippen LogP contribution in [0.1, 0.15) is 22.5 Å². The zero-order valence-corrected chi connectivity index (χ0v) is 28.9. The number of hydrogen-bond donors (Lipinski definition) is 0. The van der Waals surface area contributed by atoms with Crippen molar-refractivity contribution in [2.45, 2.75) is 0 Å². The molecule has 0 unspecified atom stereocenters. The van der Waals surface area contributed by atoms with Crippen LogP contribution in [-0.2, 0) is 21.1 Å². The topological polar surface area (TPSA) is 32.3 Å². The van der Waals surface area contributed by atoms with Crippen molar-refractivity contribution < 1.29 is 21.1 Å². The van der Waals surface area contributed by atoms with Crippen LogP contribution in [0, 0.1) is 12.2 Å². The van der Waals surface area contributed by atoms with Crippen LogP contribution in [0.15, 0.2) is 182 Å². The Morgan fingerprint density at radius 2 is 0.673 bits per heavy atom. The van der Waals surface area contributed by atoms with E-state index in [-0.39, 0.29) is 21.1 Å². The Labute approximate surface area is 302 Å². The maximum atomic E-state index is 4.64. The Kier molecular flexibility index (Phi) is 11.0. The molecule has 0 saturated heterocycles. The maximum absolute atomic E-state index is 4.64. The summed E-state index contributed by atoms with van der Waals surface area (Å²) in [6.45, 7) is 0. The van der Waals surface area contributed by atoms with Gasteiger partial charge in [0.05, 0.1) is 0 Å². The van der Waals surface area contributed by atoms with Gasteiger partial charge in [-0.05, 0) is 72.1 Å². The number of anilines is 6. The third kappa shape index (κ3) is 8.19. The molecule has 0 radical (unpaired) electrons. The number of rotatable bonds is 10. The molecule has 7 rings (SSSR count). The Morgan fingerprint density at radius 3 is 1.00 bits per heavy atom. The first-order chi connectivity index (χ1) is 23.8. The van der Waals surface area contributed by atoms with Gasteiger partial charge in [-0.25, -0.2) is 11.1 Å². The Morgan fingerprint density at radius 1 is 0.367 bits per heavy atom. The van der Waals surface area contributed by atoms with Crippen LogP contribution in [0.2, 0.25) is 0 Å². The van der Waals surface area contributed by atoms with E-state index in [0.29, 0.717) is 0 Å². The van der Waals surface area contributed by atoms with E-state index in [0.717, 1.165) is 56.6 Å². The molecule has 0 atom stereocenters. The van der Waals surface area contributed by atoms with Crippen molar-refractivity contribution in [2.24, 2.45) is 0 Å². The summed E-state index contributed by atoms with van der Waals surface area (Å²) in [5.74, 6) is 0. The third-order valence-corrected chi connectivity index (χ3v) is 7.78. The zero-order chi connectivity index (χ0) is 32.4. The van der Waals surface area contributed by atoms with Gasteiger partial charge in [-0.1, -0.05) is 84.9 Å². The van der Waals surface area contributed by atoms with E-state index >= 15 is 0 Å². The van der Waals surface area contributed by atoms with Crippen LogP contribution in [0.4, 0.5) is 34.1 Å². The monoisotopic (exact) mass is 811 g/mol. The average molecular weight is 812 g/mol. The minimum atomic E-state index is 0. The molecule has 4 nitrogen and oxygen atoms in total. The van der Waals surface area contributed by atoms with Crippen LogP contribution in [0.3, 0.4) is 0 Å². The number of benzene rings is 5. The first-order valence-electron chi connectivity index (χ1n) is 15.8. The zero-order valence-electron chi connectivity index (χ0n) is 26.6. The van der Waals surface area contributed by atoms with Crippen LogP contribution in [0.25, 0.3) is 12.2 Å². The van der Waals surface area contributed by atoms with Crippen LogP contribution < -0.4 is 9.80 Å². The predicted molar refractivity (Wildman–Crippen MR) is 198 cm³/mol. The summed E-state index contributed by atoms with van der Waals surface area (Å²) >= 11 is 0. The van der Waals surface area contributed by atoms with Gasteiger partial charge in [0.1, 0.15) is 0 Å². The molecular formula is C44H32N4Pt. The normalized spacial score (nSPS) is 10.9. The minimum absolute atomic E-state index is 0. The number of pyridine rings is 2. The van der Waals surface area contributed by atoms with E-state index in [1.165, 1.54) is 0 Å². The van der Waals surface area contributed by atoms with E-state index in [4.69, 9.17) is 0 Å². The average Bonchev–Trinajstić information content (AvgIpc) is 3.16. The molecule has 0 fully saturated rings. The summed E-state index contributed by atoms with van der Waals surface area (Å²) in [7, 11) is 0. The van der Waals surface area contributed by atoms with Crippen molar-refractivity contribution in [3.05, 3.63) is 217 Å². The van der Waals surface area contributed by atoms with Gasteiger partial charge in [-0.3, -0.25) is 0 Å². The van der Waals surface area contributed by atoms with E-state index in [2.05, 4.69) is 141 Å². The smallest absolute Gasteiger partial charge is 0.311 e. The van der Waals surface area contributed by atoms with Gasteiger partial charge in [0, 0.05) is 46.5 Å². The second kappa shape index (κ2) is 16.3. The van der Waals surface area contributed by atoms with E-state index in [1.54, 1.807) is 0 Å². The molecule has 2 aromatic heterocycles. The fourth-order valence-electron chi connectivity index (χ4n) is 5.55. The van der Waals surface area contributed by atoms with Gasteiger partial charge < -0.3 is 19.8 Å². The molecule has 2 heterocycles. The van der Waals surface area contributed by atoms with Gasteiger partial charge in [-0.15, -0.1) is 24.3 Å². The molecular weight excluding hydrogens is 780 g/mol. The van der Waals surface area contributed by atoms with Crippen molar-refractivity contribution in [1.29, 1.82) is 0 Å². The molecule has 5 heteroatoms. The predicted octanol–water partition coefficient (Wildman–Crippen LogP) is 11.1. The van der Waals surface area contributed by atoms with Crippen molar-refractivity contribution in [2.75, 3.05) is 9.80 Å². The second-order valence-corrected chi connectivity index (χ2v) is 11.0. The quantitative estimate of drug-likeness (QED) is 0.129. The number of nitrogens with zero attached hydrogens (tertiary/aromatic N) is 4. The number of para-hydroxylation sites is 4. The van der Waals surface area contributed by atoms with E-state index in [1.807, 2.05) is 85.2 Å². The molecule has 0 spiro atoms. The molecule has 0 aliphatic heterocycles. The standard InChI is InChI=1S/C44H32N4.Pt/c1-5-17-39(18-6-1)47(40-19-7-2-8-20-40)43-29-31-45-37(33-43)27-25-35-15-13-14-16-36(35)26-28-38-34-44(30-32-46-38)48(41-21-9-3-10-22-41)42-23-11-4-12-24-42;/h1-24,27-34H;/q-2;+2. The molecule has 49 heavy (non-hydrogen) atoms. The fourth-order valence-corrected chi connectivity index (χ4v) is 5.55. The fraction of sp³-hybridized carbons (Fsp3) is 0. The van der Waals surface area contributed by atoms with Gasteiger partial charge in [0.25, 0.3) is 0 Å².